The fourth-order valence-electron chi connectivity index (χ4n) is 3.69. The first-order valence-corrected chi connectivity index (χ1v) is 9.46. The maximum absolute atomic E-state index is 12.6. The maximum atomic E-state index is 12.6. The van der Waals surface area contributed by atoms with E-state index in [1.165, 1.54) is 11.1 Å². The zero-order chi connectivity index (χ0) is 18.8. The number of hydrogen-bond donors (Lipinski definition) is 1. The molecule has 0 bridgehead atoms. The highest BCUT2D eigenvalue weighted by Gasteiger charge is 2.18. The van der Waals surface area contributed by atoms with Crippen LogP contribution in [0.2, 0.25) is 0 Å². The number of fused-ring (bicyclic) bond motifs is 1. The van der Waals surface area contributed by atoms with Crippen molar-refractivity contribution in [3.8, 4) is 16.9 Å². The van der Waals surface area contributed by atoms with Crippen LogP contribution in [-0.4, -0.2) is 21.1 Å². The third-order valence-electron chi connectivity index (χ3n) is 5.29. The zero-order valence-electron chi connectivity index (χ0n) is 15.6. The molecular weight excluding hydrogens is 336 g/mol. The molecular formula is C23H24N2O2. The molecule has 0 saturated heterocycles. The van der Waals surface area contributed by atoms with Crippen LogP contribution in [0.15, 0.2) is 65.6 Å². The third-order valence-corrected chi connectivity index (χ3v) is 5.29. The van der Waals surface area contributed by atoms with Crippen molar-refractivity contribution in [2.24, 2.45) is 0 Å². The first-order valence-electron chi connectivity index (χ1n) is 9.46. The van der Waals surface area contributed by atoms with Gasteiger partial charge in [-0.1, -0.05) is 49.4 Å². The summed E-state index contributed by atoms with van der Waals surface area (Å²) >= 11 is 0. The van der Waals surface area contributed by atoms with E-state index >= 15 is 0 Å². The Balaban J connectivity index is 1.56. The lowest BCUT2D eigenvalue weighted by Gasteiger charge is -2.30. The van der Waals surface area contributed by atoms with Crippen LogP contribution in [0.1, 0.15) is 23.7 Å². The van der Waals surface area contributed by atoms with Crippen LogP contribution in [0, 0.1) is 0 Å². The number of pyridine rings is 1. The minimum Gasteiger partial charge on any atom is -0.507 e. The molecule has 0 saturated carbocycles. The van der Waals surface area contributed by atoms with Crippen molar-refractivity contribution >= 4 is 0 Å². The Morgan fingerprint density at radius 3 is 2.44 bits per heavy atom. The monoisotopic (exact) mass is 360 g/mol. The highest BCUT2D eigenvalue weighted by Crippen LogP contribution is 2.27. The summed E-state index contributed by atoms with van der Waals surface area (Å²) in [6.45, 7) is 5.58. The molecule has 1 aromatic heterocycles. The van der Waals surface area contributed by atoms with Crippen molar-refractivity contribution in [3.05, 3.63) is 87.8 Å². The van der Waals surface area contributed by atoms with Crippen LogP contribution in [0.4, 0.5) is 0 Å². The minimum absolute atomic E-state index is 0.0445. The van der Waals surface area contributed by atoms with Gasteiger partial charge in [-0.2, -0.15) is 0 Å². The number of aromatic nitrogens is 1. The van der Waals surface area contributed by atoms with Gasteiger partial charge in [0.25, 0.3) is 0 Å². The van der Waals surface area contributed by atoms with Crippen molar-refractivity contribution in [2.45, 2.75) is 33.0 Å². The first kappa shape index (κ1) is 17.6. The van der Waals surface area contributed by atoms with Gasteiger partial charge in [-0.3, -0.25) is 9.69 Å². The molecule has 27 heavy (non-hydrogen) atoms. The van der Waals surface area contributed by atoms with Gasteiger partial charge in [0.05, 0.1) is 0 Å². The van der Waals surface area contributed by atoms with E-state index in [2.05, 4.69) is 40.7 Å². The van der Waals surface area contributed by atoms with Crippen LogP contribution in [0.3, 0.4) is 0 Å². The van der Waals surface area contributed by atoms with Gasteiger partial charge in [-0.25, -0.2) is 0 Å². The molecule has 0 fully saturated rings. The van der Waals surface area contributed by atoms with Gasteiger partial charge in [-0.15, -0.1) is 0 Å². The van der Waals surface area contributed by atoms with Gasteiger partial charge in [0.2, 0.25) is 0 Å². The van der Waals surface area contributed by atoms with Crippen LogP contribution < -0.4 is 5.43 Å². The Hall–Kier alpha value is -2.85. The molecule has 0 unspecified atom stereocenters. The molecule has 4 rings (SSSR count). The van der Waals surface area contributed by atoms with Crippen molar-refractivity contribution in [3.63, 3.8) is 0 Å². The molecule has 1 aliphatic rings. The Kier molecular flexibility index (Phi) is 4.82. The molecule has 2 heterocycles. The summed E-state index contributed by atoms with van der Waals surface area (Å²) < 4.78 is 2.14. The summed E-state index contributed by atoms with van der Waals surface area (Å²) in [5, 5.41) is 10.1. The smallest absolute Gasteiger partial charge is 0.189 e. The predicted molar refractivity (Wildman–Crippen MR) is 108 cm³/mol. The summed E-state index contributed by atoms with van der Waals surface area (Å²) in [7, 11) is 0. The second-order valence-electron chi connectivity index (χ2n) is 7.13. The van der Waals surface area contributed by atoms with E-state index in [0.29, 0.717) is 11.1 Å². The van der Waals surface area contributed by atoms with E-state index in [-0.39, 0.29) is 11.2 Å². The van der Waals surface area contributed by atoms with Crippen LogP contribution in [-0.2, 0) is 26.1 Å². The van der Waals surface area contributed by atoms with Gasteiger partial charge in [0.15, 0.2) is 5.43 Å². The number of nitrogens with zero attached hydrogens (tertiary/aromatic N) is 2. The summed E-state index contributed by atoms with van der Waals surface area (Å²) in [4.78, 5) is 15.0. The summed E-state index contributed by atoms with van der Waals surface area (Å²) in [6, 6.07) is 17.5. The summed E-state index contributed by atoms with van der Waals surface area (Å²) in [5.41, 5.74) is 4.78. The Labute approximate surface area is 159 Å². The number of phenolic OH excluding ortho intramolecular Hbond substituents is 1. The highest BCUT2D eigenvalue weighted by molar-refractivity contribution is 5.69. The van der Waals surface area contributed by atoms with E-state index in [4.69, 9.17) is 0 Å². The number of aromatic hydroxyl groups is 1. The van der Waals surface area contributed by atoms with Crippen molar-refractivity contribution < 1.29 is 5.11 Å². The molecule has 4 heteroatoms. The first-order chi connectivity index (χ1) is 13.1. The van der Waals surface area contributed by atoms with Crippen LogP contribution in [0.5, 0.6) is 5.75 Å². The fraction of sp³-hybridized carbons (Fsp3) is 0.261. The third kappa shape index (κ3) is 3.67. The van der Waals surface area contributed by atoms with Gasteiger partial charge >= 0.3 is 0 Å². The second kappa shape index (κ2) is 7.41. The quantitative estimate of drug-likeness (QED) is 0.770. The van der Waals surface area contributed by atoms with E-state index in [1.807, 2.05) is 12.3 Å². The number of benzene rings is 2. The van der Waals surface area contributed by atoms with E-state index < -0.39 is 0 Å². The van der Waals surface area contributed by atoms with Crippen LogP contribution in [0.25, 0.3) is 11.1 Å². The topological polar surface area (TPSA) is 45.5 Å². The van der Waals surface area contributed by atoms with Crippen molar-refractivity contribution in [1.29, 1.82) is 0 Å². The summed E-state index contributed by atoms with van der Waals surface area (Å²) in [6.07, 6.45) is 2.94. The number of phenols is 1. The Morgan fingerprint density at radius 2 is 1.70 bits per heavy atom. The summed E-state index contributed by atoms with van der Waals surface area (Å²) in [5.74, 6) is 0.142. The molecule has 138 valence electrons. The van der Waals surface area contributed by atoms with E-state index in [0.717, 1.165) is 38.3 Å². The van der Waals surface area contributed by atoms with Crippen molar-refractivity contribution in [1.82, 2.24) is 9.47 Å². The molecule has 0 radical (unpaired) electrons. The van der Waals surface area contributed by atoms with E-state index in [1.54, 1.807) is 24.3 Å². The lowest BCUT2D eigenvalue weighted by molar-refractivity contribution is 0.211. The average Bonchev–Trinajstić information content (AvgIpc) is 2.69. The van der Waals surface area contributed by atoms with Crippen LogP contribution >= 0.6 is 0 Å². The van der Waals surface area contributed by atoms with E-state index in [9.17, 15) is 9.90 Å². The molecule has 0 spiro atoms. The SMILES string of the molecule is CCc1ccc(CN2CCn3cc(-c4ccccc4O)c(=O)cc3C2)cc1. The number of aryl methyl sites for hydroxylation is 1. The molecule has 0 aliphatic carbocycles. The second-order valence-corrected chi connectivity index (χ2v) is 7.13. The molecule has 3 aromatic rings. The van der Waals surface area contributed by atoms with Gasteiger partial charge in [-0.05, 0) is 23.6 Å². The van der Waals surface area contributed by atoms with Crippen molar-refractivity contribution in [2.75, 3.05) is 6.54 Å². The van der Waals surface area contributed by atoms with Gasteiger partial charge in [0, 0.05) is 55.3 Å². The van der Waals surface area contributed by atoms with Gasteiger partial charge in [0.1, 0.15) is 5.75 Å². The Bertz CT molecular complexity index is 1010. The minimum atomic E-state index is -0.0445. The largest absolute Gasteiger partial charge is 0.507 e. The zero-order valence-corrected chi connectivity index (χ0v) is 15.6. The lowest BCUT2D eigenvalue weighted by atomic mass is 10.0. The fourth-order valence-corrected chi connectivity index (χ4v) is 3.69. The Morgan fingerprint density at radius 1 is 0.963 bits per heavy atom. The molecule has 2 aromatic carbocycles. The molecule has 0 amide bonds. The maximum Gasteiger partial charge on any atom is 0.189 e. The molecule has 1 N–H and O–H groups in total. The average molecular weight is 360 g/mol. The number of para-hydroxylation sites is 1. The van der Waals surface area contributed by atoms with Gasteiger partial charge < -0.3 is 9.67 Å². The standard InChI is InChI=1S/C23H24N2O2/c1-2-17-7-9-18(10-8-17)14-24-11-12-25-16-21(23(27)13-19(25)15-24)20-5-3-4-6-22(20)26/h3-10,13,16,26H,2,11-12,14-15H2,1H3. The predicted octanol–water partition coefficient (Wildman–Crippen LogP) is 3.80. The normalized spacial score (nSPS) is 14.1. The lowest BCUT2D eigenvalue weighted by Crippen LogP contribution is -2.34. The molecule has 1 aliphatic heterocycles. The number of rotatable bonds is 4. The molecule has 0 atom stereocenters. The molecule has 4 nitrogen and oxygen atoms in total. The number of hydrogen-bond acceptors (Lipinski definition) is 3. The highest BCUT2D eigenvalue weighted by atomic mass is 16.3.